The lowest BCUT2D eigenvalue weighted by Gasteiger charge is -2.02. The molecule has 3 aromatic heterocycles. The van der Waals surface area contributed by atoms with Crippen molar-refractivity contribution in [1.29, 1.82) is 0 Å². The number of carbonyl (C=O) groups excluding carboxylic acids is 1. The van der Waals surface area contributed by atoms with Gasteiger partial charge in [-0.2, -0.15) is 0 Å². The molecule has 0 saturated heterocycles. The van der Waals surface area contributed by atoms with E-state index in [-0.39, 0.29) is 12.3 Å². The van der Waals surface area contributed by atoms with Crippen LogP contribution in [-0.2, 0) is 6.54 Å². The van der Waals surface area contributed by atoms with Crippen LogP contribution in [0, 0.1) is 6.92 Å². The molecule has 0 aliphatic carbocycles. The smallest absolute Gasteiger partial charge is 0.295 e. The van der Waals surface area contributed by atoms with Gasteiger partial charge in [-0.3, -0.25) is 9.32 Å². The monoisotopic (exact) mass is 356 g/mol. The molecule has 0 aliphatic heterocycles. The van der Waals surface area contributed by atoms with Crippen molar-refractivity contribution >= 4 is 38.5 Å². The van der Waals surface area contributed by atoms with E-state index in [4.69, 9.17) is 4.52 Å². The van der Waals surface area contributed by atoms with Crippen LogP contribution in [0.25, 0.3) is 20.8 Å². The maximum Gasteiger partial charge on any atom is 0.442 e. The second-order valence-electron chi connectivity index (χ2n) is 5.31. The topological polar surface area (TPSA) is 65.1 Å². The predicted molar refractivity (Wildman–Crippen MR) is 95.0 cm³/mol. The van der Waals surface area contributed by atoms with Crippen LogP contribution < -0.4 is 5.76 Å². The maximum absolute atomic E-state index is 12.8. The van der Waals surface area contributed by atoms with Crippen LogP contribution in [0.2, 0.25) is 0 Å². The van der Waals surface area contributed by atoms with Crippen LogP contribution in [0.3, 0.4) is 0 Å². The van der Waals surface area contributed by atoms with Gasteiger partial charge in [-0.1, -0.05) is 29.4 Å². The average molecular weight is 356 g/mol. The van der Waals surface area contributed by atoms with Gasteiger partial charge in [0.25, 0.3) is 0 Å². The molecule has 0 bridgehead atoms. The molecule has 7 heteroatoms. The Morgan fingerprint density at radius 1 is 1.25 bits per heavy atom. The van der Waals surface area contributed by atoms with Crippen LogP contribution in [0.15, 0.2) is 51.1 Å². The fourth-order valence-corrected chi connectivity index (χ4v) is 4.50. The summed E-state index contributed by atoms with van der Waals surface area (Å²) in [5.74, 6) is -0.343. The van der Waals surface area contributed by atoms with Crippen LogP contribution in [0.5, 0.6) is 0 Å². The van der Waals surface area contributed by atoms with Gasteiger partial charge in [0.1, 0.15) is 0 Å². The van der Waals surface area contributed by atoms with Crippen molar-refractivity contribution in [2.75, 3.05) is 0 Å². The number of nitrogens with zero attached hydrogens (tertiary/aromatic N) is 2. The summed E-state index contributed by atoms with van der Waals surface area (Å²) in [6.07, 6.45) is 0. The Kier molecular flexibility index (Phi) is 3.66. The third kappa shape index (κ3) is 2.42. The first-order valence-electron chi connectivity index (χ1n) is 7.27. The molecule has 120 valence electrons. The van der Waals surface area contributed by atoms with Gasteiger partial charge >= 0.3 is 5.76 Å². The number of fused-ring (bicyclic) bond motifs is 1. The number of hydrogen-bond acceptors (Lipinski definition) is 6. The highest BCUT2D eigenvalue weighted by atomic mass is 32.1. The number of carbonyl (C=O) groups is 1. The zero-order valence-corrected chi connectivity index (χ0v) is 14.3. The standard InChI is InChI=1S/C17H12N2O3S2/c1-10-11-5-2-3-6-13(11)24-15(10)12(20)9-19-16(18-22-17(19)21)14-7-4-8-23-14/h2-8H,9H2,1H3. The maximum atomic E-state index is 12.8. The highest BCUT2D eigenvalue weighted by Crippen LogP contribution is 2.31. The van der Waals surface area contributed by atoms with E-state index in [1.807, 2.05) is 48.7 Å². The summed E-state index contributed by atoms with van der Waals surface area (Å²) in [5, 5.41) is 6.76. The molecule has 0 fully saturated rings. The first kappa shape index (κ1) is 15.0. The minimum Gasteiger partial charge on any atom is -0.295 e. The Balaban J connectivity index is 1.73. The molecule has 0 unspecified atom stereocenters. The molecule has 0 amide bonds. The van der Waals surface area contributed by atoms with Crippen LogP contribution in [-0.4, -0.2) is 15.5 Å². The summed E-state index contributed by atoms with van der Waals surface area (Å²) in [6, 6.07) is 11.6. The first-order chi connectivity index (χ1) is 11.6. The number of Topliss-reactive ketones (excluding diaryl/α,β-unsaturated/α-hetero) is 1. The summed E-state index contributed by atoms with van der Waals surface area (Å²) in [6.45, 7) is 1.85. The molecular weight excluding hydrogens is 344 g/mol. The molecule has 0 spiro atoms. The molecule has 0 radical (unpaired) electrons. The molecular formula is C17H12N2O3S2. The van der Waals surface area contributed by atoms with Gasteiger partial charge in [0.2, 0.25) is 0 Å². The van der Waals surface area contributed by atoms with Crippen molar-refractivity contribution in [2.24, 2.45) is 0 Å². The highest BCUT2D eigenvalue weighted by Gasteiger charge is 2.20. The van der Waals surface area contributed by atoms with Gasteiger partial charge < -0.3 is 0 Å². The third-order valence-corrected chi connectivity index (χ3v) is 6.01. The van der Waals surface area contributed by atoms with Gasteiger partial charge in [0.15, 0.2) is 11.6 Å². The summed E-state index contributed by atoms with van der Waals surface area (Å²) >= 11 is 2.89. The molecule has 5 nitrogen and oxygen atoms in total. The lowest BCUT2D eigenvalue weighted by molar-refractivity contribution is 0.0973. The lowest BCUT2D eigenvalue weighted by Crippen LogP contribution is -2.21. The van der Waals surface area contributed by atoms with Gasteiger partial charge in [-0.05, 0) is 35.4 Å². The molecule has 3 heterocycles. The fraction of sp³-hybridized carbons (Fsp3) is 0.118. The average Bonchev–Trinajstić information content (AvgIpc) is 3.29. The van der Waals surface area contributed by atoms with Crippen molar-refractivity contribution in [3.05, 3.63) is 62.8 Å². The highest BCUT2D eigenvalue weighted by molar-refractivity contribution is 7.21. The summed E-state index contributed by atoms with van der Waals surface area (Å²) in [7, 11) is 0. The van der Waals surface area contributed by atoms with E-state index in [1.165, 1.54) is 27.2 Å². The Hall–Kier alpha value is -2.51. The number of hydrogen-bond donors (Lipinski definition) is 0. The Morgan fingerprint density at radius 2 is 2.08 bits per heavy atom. The van der Waals surface area contributed by atoms with Crippen molar-refractivity contribution in [1.82, 2.24) is 9.72 Å². The van der Waals surface area contributed by atoms with E-state index in [9.17, 15) is 9.59 Å². The van der Waals surface area contributed by atoms with E-state index < -0.39 is 5.76 Å². The zero-order chi connectivity index (χ0) is 16.7. The van der Waals surface area contributed by atoms with Crippen LogP contribution in [0.4, 0.5) is 0 Å². The van der Waals surface area contributed by atoms with Crippen molar-refractivity contribution < 1.29 is 9.32 Å². The van der Waals surface area contributed by atoms with Gasteiger partial charge in [0.05, 0.1) is 16.3 Å². The van der Waals surface area contributed by atoms with Gasteiger partial charge in [-0.15, -0.1) is 22.7 Å². The molecule has 4 rings (SSSR count). The third-order valence-electron chi connectivity index (χ3n) is 3.83. The number of rotatable bonds is 4. The Labute approximate surface area is 144 Å². The van der Waals surface area contributed by atoms with Gasteiger partial charge in [0, 0.05) is 4.70 Å². The largest absolute Gasteiger partial charge is 0.442 e. The second-order valence-corrected chi connectivity index (χ2v) is 7.31. The Bertz CT molecular complexity index is 1090. The molecule has 1 aromatic carbocycles. The summed E-state index contributed by atoms with van der Waals surface area (Å²) in [4.78, 5) is 26.2. The minimum absolute atomic E-state index is 0.0801. The quantitative estimate of drug-likeness (QED) is 0.519. The van der Waals surface area contributed by atoms with E-state index in [2.05, 4.69) is 5.16 Å². The number of ketones is 1. The van der Waals surface area contributed by atoms with Crippen LogP contribution >= 0.6 is 22.7 Å². The van der Waals surface area contributed by atoms with Crippen LogP contribution in [0.1, 0.15) is 15.2 Å². The molecule has 4 aromatic rings. The van der Waals surface area contributed by atoms with E-state index in [0.29, 0.717) is 10.7 Å². The number of thiophene rings is 2. The normalized spacial score (nSPS) is 11.2. The SMILES string of the molecule is Cc1c(C(=O)Cn2c(-c3cccs3)noc2=O)sc2ccccc12. The lowest BCUT2D eigenvalue weighted by atomic mass is 10.1. The van der Waals surface area contributed by atoms with Crippen molar-refractivity contribution in [2.45, 2.75) is 13.5 Å². The molecule has 0 N–H and O–H groups in total. The Morgan fingerprint density at radius 3 is 2.83 bits per heavy atom. The zero-order valence-electron chi connectivity index (χ0n) is 12.7. The fourth-order valence-electron chi connectivity index (χ4n) is 2.65. The predicted octanol–water partition coefficient (Wildman–Crippen LogP) is 3.97. The van der Waals surface area contributed by atoms with Crippen molar-refractivity contribution in [3.8, 4) is 10.7 Å². The first-order valence-corrected chi connectivity index (χ1v) is 8.96. The molecule has 0 aliphatic rings. The number of aromatic nitrogens is 2. The van der Waals surface area contributed by atoms with Gasteiger partial charge in [-0.25, -0.2) is 9.36 Å². The molecule has 24 heavy (non-hydrogen) atoms. The minimum atomic E-state index is -0.620. The second kappa shape index (κ2) is 5.85. The number of benzene rings is 1. The van der Waals surface area contributed by atoms with E-state index >= 15 is 0 Å². The van der Waals surface area contributed by atoms with E-state index in [0.717, 1.165) is 20.5 Å². The summed E-state index contributed by atoms with van der Waals surface area (Å²) < 4.78 is 7.11. The summed E-state index contributed by atoms with van der Waals surface area (Å²) in [5.41, 5.74) is 0.947. The van der Waals surface area contributed by atoms with Crippen molar-refractivity contribution in [3.63, 3.8) is 0 Å². The molecule has 0 atom stereocenters. The molecule has 0 saturated carbocycles. The van der Waals surface area contributed by atoms with E-state index in [1.54, 1.807) is 0 Å². The number of aryl methyl sites for hydroxylation is 1.